The third kappa shape index (κ3) is 2.80. The second-order valence-electron chi connectivity index (χ2n) is 4.15. The van der Waals surface area contributed by atoms with E-state index in [0.717, 1.165) is 0 Å². The number of hydrogen-bond donors (Lipinski definition) is 1. The predicted molar refractivity (Wildman–Crippen MR) is 73.1 cm³/mol. The summed E-state index contributed by atoms with van der Waals surface area (Å²) in [7, 11) is 0.827. The monoisotopic (exact) mass is 285 g/mol. The minimum Gasteiger partial charge on any atom is -0.357 e. The Morgan fingerprint density at radius 1 is 1.37 bits per heavy atom. The Morgan fingerprint density at radius 2 is 2.00 bits per heavy atom. The van der Waals surface area contributed by atoms with Crippen LogP contribution in [0.1, 0.15) is 5.69 Å². The molecule has 19 heavy (non-hydrogen) atoms. The van der Waals surface area contributed by atoms with Gasteiger partial charge in [-0.3, -0.25) is 14.3 Å². The topological polar surface area (TPSA) is 101 Å². The Kier molecular flexibility index (Phi) is 3.93. The van der Waals surface area contributed by atoms with Crippen LogP contribution in [0.25, 0.3) is 0 Å². The quantitative estimate of drug-likeness (QED) is 0.629. The molecule has 0 aliphatic carbocycles. The molecule has 0 aromatic carbocycles. The standard InChI is InChI=1S/C10H15N5O3S/c1-7-8(15(16)17)9(13-10(11-2)12-7)14-3-5-19(18)6-4-14/h3-6H2,1-2H3,(H,11,12,13). The van der Waals surface area contributed by atoms with Gasteiger partial charge in [-0.25, -0.2) is 4.98 Å². The third-order valence-corrected chi connectivity index (χ3v) is 4.20. The van der Waals surface area contributed by atoms with Crippen LogP contribution in [0.3, 0.4) is 0 Å². The van der Waals surface area contributed by atoms with E-state index < -0.39 is 15.7 Å². The summed E-state index contributed by atoms with van der Waals surface area (Å²) in [5.41, 5.74) is 0.248. The smallest absolute Gasteiger partial charge is 0.332 e. The van der Waals surface area contributed by atoms with E-state index in [1.807, 2.05) is 0 Å². The van der Waals surface area contributed by atoms with Crippen molar-refractivity contribution < 1.29 is 9.13 Å². The second-order valence-corrected chi connectivity index (χ2v) is 5.84. The minimum atomic E-state index is -0.835. The zero-order chi connectivity index (χ0) is 14.0. The molecule has 1 fully saturated rings. The highest BCUT2D eigenvalue weighted by Crippen LogP contribution is 2.30. The van der Waals surface area contributed by atoms with Gasteiger partial charge in [-0.1, -0.05) is 0 Å². The van der Waals surface area contributed by atoms with E-state index in [0.29, 0.717) is 42.1 Å². The van der Waals surface area contributed by atoms with Gasteiger partial charge in [0, 0.05) is 42.4 Å². The normalized spacial score (nSPS) is 16.4. The largest absolute Gasteiger partial charge is 0.357 e. The molecule has 0 spiro atoms. The third-order valence-electron chi connectivity index (χ3n) is 2.92. The molecule has 0 atom stereocenters. The van der Waals surface area contributed by atoms with E-state index in [9.17, 15) is 14.3 Å². The molecular formula is C10H15N5O3S. The number of aryl methyl sites for hydroxylation is 1. The first-order valence-corrected chi connectivity index (χ1v) is 7.32. The molecule has 1 aromatic heterocycles. The fraction of sp³-hybridized carbons (Fsp3) is 0.600. The fourth-order valence-corrected chi connectivity index (χ4v) is 3.00. The van der Waals surface area contributed by atoms with Crippen LogP contribution >= 0.6 is 0 Å². The van der Waals surface area contributed by atoms with Crippen molar-refractivity contribution >= 4 is 28.3 Å². The summed E-state index contributed by atoms with van der Waals surface area (Å²) >= 11 is 0. The second kappa shape index (κ2) is 5.47. The van der Waals surface area contributed by atoms with Gasteiger partial charge in [-0.15, -0.1) is 0 Å². The van der Waals surface area contributed by atoms with Crippen LogP contribution in [-0.2, 0) is 10.8 Å². The molecule has 0 amide bonds. The van der Waals surface area contributed by atoms with Crippen molar-refractivity contribution in [1.82, 2.24) is 9.97 Å². The van der Waals surface area contributed by atoms with E-state index in [-0.39, 0.29) is 5.69 Å². The average molecular weight is 285 g/mol. The van der Waals surface area contributed by atoms with Crippen molar-refractivity contribution in [3.63, 3.8) is 0 Å². The average Bonchev–Trinajstić information content (AvgIpc) is 2.38. The number of aromatic nitrogens is 2. The van der Waals surface area contributed by atoms with Crippen LogP contribution in [0, 0.1) is 17.0 Å². The summed E-state index contributed by atoms with van der Waals surface area (Å²) in [5.74, 6) is 1.67. The van der Waals surface area contributed by atoms with Crippen molar-refractivity contribution in [1.29, 1.82) is 0 Å². The summed E-state index contributed by atoms with van der Waals surface area (Å²) in [6, 6.07) is 0. The Hall–Kier alpha value is -1.77. The number of nitrogens with one attached hydrogen (secondary N) is 1. The van der Waals surface area contributed by atoms with Gasteiger partial charge in [0.1, 0.15) is 5.69 Å². The van der Waals surface area contributed by atoms with Crippen LogP contribution in [0.5, 0.6) is 0 Å². The highest BCUT2D eigenvalue weighted by molar-refractivity contribution is 7.85. The van der Waals surface area contributed by atoms with Gasteiger partial charge in [0.25, 0.3) is 0 Å². The minimum absolute atomic E-state index is 0.0771. The maximum Gasteiger partial charge on any atom is 0.332 e. The molecular weight excluding hydrogens is 270 g/mol. The van der Waals surface area contributed by atoms with Gasteiger partial charge < -0.3 is 10.2 Å². The van der Waals surface area contributed by atoms with Crippen LogP contribution in [0.2, 0.25) is 0 Å². The van der Waals surface area contributed by atoms with Crippen LogP contribution in [0.15, 0.2) is 0 Å². The van der Waals surface area contributed by atoms with Crippen molar-refractivity contribution in [2.24, 2.45) is 0 Å². The van der Waals surface area contributed by atoms with Crippen molar-refractivity contribution in [2.75, 3.05) is 41.9 Å². The van der Waals surface area contributed by atoms with Crippen LogP contribution in [0.4, 0.5) is 17.5 Å². The van der Waals surface area contributed by atoms with Crippen molar-refractivity contribution in [3.05, 3.63) is 15.8 Å². The lowest BCUT2D eigenvalue weighted by molar-refractivity contribution is -0.385. The molecule has 2 heterocycles. The Balaban J connectivity index is 2.44. The van der Waals surface area contributed by atoms with Crippen molar-refractivity contribution in [2.45, 2.75) is 6.92 Å². The van der Waals surface area contributed by atoms with Crippen molar-refractivity contribution in [3.8, 4) is 0 Å². The molecule has 1 aromatic rings. The molecule has 9 heteroatoms. The van der Waals surface area contributed by atoms with E-state index >= 15 is 0 Å². The predicted octanol–water partition coefficient (Wildman–Crippen LogP) is 0.304. The number of nitro groups is 1. The molecule has 1 aliphatic rings. The zero-order valence-corrected chi connectivity index (χ0v) is 11.6. The van der Waals surface area contributed by atoms with E-state index in [4.69, 9.17) is 0 Å². The summed E-state index contributed by atoms with van der Waals surface area (Å²) in [6.07, 6.45) is 0. The van der Waals surface area contributed by atoms with E-state index in [2.05, 4.69) is 15.3 Å². The number of nitrogens with zero attached hydrogens (tertiary/aromatic N) is 4. The summed E-state index contributed by atoms with van der Waals surface area (Å²) in [5, 5.41) is 14.0. The van der Waals surface area contributed by atoms with Gasteiger partial charge in [0.15, 0.2) is 0 Å². The van der Waals surface area contributed by atoms with Gasteiger partial charge in [-0.05, 0) is 6.92 Å². The lowest BCUT2D eigenvalue weighted by Crippen LogP contribution is -2.38. The highest BCUT2D eigenvalue weighted by Gasteiger charge is 2.28. The van der Waals surface area contributed by atoms with Gasteiger partial charge in [-0.2, -0.15) is 4.98 Å². The molecule has 0 radical (unpaired) electrons. The Bertz CT molecular complexity index is 526. The highest BCUT2D eigenvalue weighted by atomic mass is 32.2. The molecule has 1 saturated heterocycles. The number of anilines is 2. The van der Waals surface area contributed by atoms with E-state index in [1.165, 1.54) is 0 Å². The van der Waals surface area contributed by atoms with Crippen LogP contribution < -0.4 is 10.2 Å². The Labute approximate surface area is 112 Å². The van der Waals surface area contributed by atoms with Gasteiger partial charge >= 0.3 is 5.69 Å². The lowest BCUT2D eigenvalue weighted by atomic mass is 10.3. The molecule has 0 saturated carbocycles. The SMILES string of the molecule is CNc1nc(C)c([N+](=O)[O-])c(N2CCS(=O)CC2)n1. The summed E-state index contributed by atoms with van der Waals surface area (Å²) in [4.78, 5) is 20.7. The summed E-state index contributed by atoms with van der Waals surface area (Å²) < 4.78 is 11.4. The van der Waals surface area contributed by atoms with Gasteiger partial charge in [0.2, 0.25) is 11.8 Å². The molecule has 1 aliphatic heterocycles. The molecule has 2 rings (SSSR count). The first kappa shape index (κ1) is 13.7. The molecule has 8 nitrogen and oxygen atoms in total. The van der Waals surface area contributed by atoms with E-state index in [1.54, 1.807) is 18.9 Å². The molecule has 0 unspecified atom stereocenters. The fourth-order valence-electron chi connectivity index (χ4n) is 1.95. The molecule has 104 valence electrons. The summed E-state index contributed by atoms with van der Waals surface area (Å²) in [6.45, 7) is 2.60. The van der Waals surface area contributed by atoms with Gasteiger partial charge in [0.05, 0.1) is 4.92 Å². The molecule has 0 bridgehead atoms. The number of hydrogen-bond acceptors (Lipinski definition) is 7. The molecule has 1 N–H and O–H groups in total. The number of rotatable bonds is 3. The maximum atomic E-state index is 11.4. The van der Waals surface area contributed by atoms with Crippen LogP contribution in [-0.4, -0.2) is 50.7 Å². The zero-order valence-electron chi connectivity index (χ0n) is 10.8. The Morgan fingerprint density at radius 3 is 2.53 bits per heavy atom. The maximum absolute atomic E-state index is 11.4. The first-order valence-electron chi connectivity index (χ1n) is 5.83. The first-order chi connectivity index (χ1) is 9.02. The lowest BCUT2D eigenvalue weighted by Gasteiger charge is -2.27.